The van der Waals surface area contributed by atoms with Gasteiger partial charge in [-0.05, 0) is 5.92 Å². The highest BCUT2D eigenvalue weighted by atomic mass is 13.9. The van der Waals surface area contributed by atoms with Crippen LogP contribution >= 0.6 is 0 Å². The average molecular weight is 88.2 g/mol. The maximum Gasteiger partial charge on any atom is -0.0474 e. The Morgan fingerprint density at radius 2 is 1.50 bits per heavy atom. The van der Waals surface area contributed by atoms with E-state index in [1.54, 1.807) is 0 Å². The van der Waals surface area contributed by atoms with Crippen LogP contribution in [0.25, 0.3) is 0 Å². The van der Waals surface area contributed by atoms with Gasteiger partial charge in [-0.15, -0.1) is 0 Å². The van der Waals surface area contributed by atoms with Crippen molar-refractivity contribution in [1.82, 2.24) is 0 Å². The van der Waals surface area contributed by atoms with Crippen molar-refractivity contribution in [3.05, 3.63) is 0 Å². The van der Waals surface area contributed by atoms with Crippen LogP contribution < -0.4 is 0 Å². The van der Waals surface area contributed by atoms with E-state index in [0.717, 1.165) is 5.92 Å². The van der Waals surface area contributed by atoms with Gasteiger partial charge < -0.3 is 0 Å². The summed E-state index contributed by atoms with van der Waals surface area (Å²) in [5.74, 6) is 0.884. The van der Waals surface area contributed by atoms with Crippen LogP contribution in [0.2, 0.25) is 0 Å². The molecule has 0 aliphatic heterocycles. The van der Waals surface area contributed by atoms with Gasteiger partial charge in [-0.1, -0.05) is 34.6 Å². The van der Waals surface area contributed by atoms with E-state index in [2.05, 4.69) is 20.8 Å². The molecule has 0 spiro atoms. The second-order valence-corrected chi connectivity index (χ2v) is 1.80. The first-order valence-electron chi connectivity index (χ1n) is 2.27. The summed E-state index contributed by atoms with van der Waals surface area (Å²) in [6, 6.07) is 0. The predicted molar refractivity (Wildman–Crippen MR) is 31.9 cm³/mol. The Morgan fingerprint density at radius 3 is 1.50 bits per heavy atom. The van der Waals surface area contributed by atoms with Crippen molar-refractivity contribution in [1.29, 1.82) is 0 Å². The van der Waals surface area contributed by atoms with Crippen LogP contribution in [0.4, 0.5) is 0 Å². The van der Waals surface area contributed by atoms with E-state index < -0.39 is 0 Å². The third kappa shape index (κ3) is 9.00. The molecular weight excluding hydrogens is 72.1 g/mol. The third-order valence-corrected chi connectivity index (χ3v) is 0.816. The summed E-state index contributed by atoms with van der Waals surface area (Å²) in [4.78, 5) is 0. The van der Waals surface area contributed by atoms with Crippen molar-refractivity contribution >= 4 is 0 Å². The van der Waals surface area contributed by atoms with Gasteiger partial charge in [0.15, 0.2) is 0 Å². The van der Waals surface area contributed by atoms with Crippen LogP contribution in [0, 0.1) is 5.92 Å². The fourth-order valence-electron chi connectivity index (χ4n) is 0. The van der Waals surface area contributed by atoms with Crippen molar-refractivity contribution < 1.29 is 0 Å². The molecule has 0 heterocycles. The molecule has 0 aromatic rings. The lowest BCUT2D eigenvalue weighted by atomic mass is 10.2. The Kier molecular flexibility index (Phi) is 7.81. The van der Waals surface area contributed by atoms with Gasteiger partial charge in [0.25, 0.3) is 0 Å². The smallest absolute Gasteiger partial charge is 0.0474 e. The zero-order valence-electron chi connectivity index (χ0n) is 4.28. The molecule has 0 unspecified atom stereocenters. The quantitative estimate of drug-likeness (QED) is 0.462. The Balaban J connectivity index is 0. The summed E-state index contributed by atoms with van der Waals surface area (Å²) < 4.78 is 0. The van der Waals surface area contributed by atoms with Gasteiger partial charge >= 0.3 is 0 Å². The molecule has 0 aromatic heterocycles. The second-order valence-electron chi connectivity index (χ2n) is 1.80. The third-order valence-electron chi connectivity index (χ3n) is 0.816. The molecule has 0 rings (SSSR count). The highest BCUT2D eigenvalue weighted by molar-refractivity contribution is 4.32. The van der Waals surface area contributed by atoms with E-state index in [9.17, 15) is 0 Å². The minimum absolute atomic E-state index is 0. The SMILES string of the molecule is C.CCC(C)C. The largest absolute Gasteiger partial charge is 0.0776 e. The molecule has 0 nitrogen and oxygen atoms in total. The Morgan fingerprint density at radius 1 is 1.33 bits per heavy atom. The van der Waals surface area contributed by atoms with Crippen molar-refractivity contribution in [3.8, 4) is 0 Å². The lowest BCUT2D eigenvalue weighted by Gasteiger charge is -1.90. The molecule has 6 heavy (non-hydrogen) atoms. The second kappa shape index (κ2) is 5.00. The molecule has 0 aliphatic rings. The first-order chi connectivity index (χ1) is 2.27. The number of rotatable bonds is 1. The van der Waals surface area contributed by atoms with Crippen LogP contribution in [0.1, 0.15) is 34.6 Å². The molecule has 40 valence electrons. The monoisotopic (exact) mass is 88.1 g/mol. The lowest BCUT2D eigenvalue weighted by Crippen LogP contribution is -1.77. The van der Waals surface area contributed by atoms with Crippen LogP contribution in [0.15, 0.2) is 0 Å². The maximum atomic E-state index is 2.22. The molecule has 0 N–H and O–H groups in total. The molecule has 0 saturated carbocycles. The van der Waals surface area contributed by atoms with Gasteiger partial charge in [-0.3, -0.25) is 0 Å². The van der Waals surface area contributed by atoms with Crippen molar-refractivity contribution in [2.24, 2.45) is 5.92 Å². The maximum absolute atomic E-state index is 2.22. The van der Waals surface area contributed by atoms with Gasteiger partial charge in [-0.2, -0.15) is 0 Å². The van der Waals surface area contributed by atoms with Crippen LogP contribution in [-0.4, -0.2) is 0 Å². The topological polar surface area (TPSA) is 0 Å². The highest BCUT2D eigenvalue weighted by Crippen LogP contribution is 1.93. The van der Waals surface area contributed by atoms with E-state index in [4.69, 9.17) is 0 Å². The van der Waals surface area contributed by atoms with E-state index in [0.29, 0.717) is 0 Å². The van der Waals surface area contributed by atoms with E-state index in [1.807, 2.05) is 0 Å². The van der Waals surface area contributed by atoms with Crippen LogP contribution in [0.3, 0.4) is 0 Å². The molecule has 0 heteroatoms. The minimum atomic E-state index is 0. The first-order valence-corrected chi connectivity index (χ1v) is 2.27. The van der Waals surface area contributed by atoms with Crippen molar-refractivity contribution in [2.75, 3.05) is 0 Å². The summed E-state index contributed by atoms with van der Waals surface area (Å²) in [5.41, 5.74) is 0. The van der Waals surface area contributed by atoms with Gasteiger partial charge in [0.05, 0.1) is 0 Å². The standard InChI is InChI=1S/C5H12.CH4/c1-4-5(2)3;/h5H,4H2,1-3H3;1H4. The average Bonchev–Trinajstić information content (AvgIpc) is 1.38. The van der Waals surface area contributed by atoms with Crippen molar-refractivity contribution in [3.63, 3.8) is 0 Å². The number of hydrogen-bond donors (Lipinski definition) is 0. The fourth-order valence-corrected chi connectivity index (χ4v) is 0. The Labute approximate surface area is 41.6 Å². The zero-order valence-corrected chi connectivity index (χ0v) is 4.28. The summed E-state index contributed by atoms with van der Waals surface area (Å²) in [5, 5.41) is 0. The summed E-state index contributed by atoms with van der Waals surface area (Å²) in [6.07, 6.45) is 1.31. The highest BCUT2D eigenvalue weighted by Gasteiger charge is 1.80. The molecule has 0 aliphatic carbocycles. The predicted octanol–water partition coefficient (Wildman–Crippen LogP) is 2.69. The van der Waals surface area contributed by atoms with Crippen LogP contribution in [0.5, 0.6) is 0 Å². The summed E-state index contributed by atoms with van der Waals surface area (Å²) >= 11 is 0. The fraction of sp³-hybridized carbons (Fsp3) is 1.00. The van der Waals surface area contributed by atoms with Crippen molar-refractivity contribution in [2.45, 2.75) is 34.6 Å². The molecular formula is C6H16. The van der Waals surface area contributed by atoms with E-state index >= 15 is 0 Å². The molecule has 0 atom stereocenters. The van der Waals surface area contributed by atoms with Gasteiger partial charge in [0.1, 0.15) is 0 Å². The summed E-state index contributed by atoms with van der Waals surface area (Å²) in [6.45, 7) is 6.64. The first kappa shape index (κ1) is 9.38. The molecule has 0 bridgehead atoms. The van der Waals surface area contributed by atoms with E-state index in [1.165, 1.54) is 6.42 Å². The molecule has 0 saturated heterocycles. The molecule has 0 aromatic carbocycles. The van der Waals surface area contributed by atoms with Gasteiger partial charge in [0, 0.05) is 0 Å². The molecule has 0 radical (unpaired) electrons. The van der Waals surface area contributed by atoms with Gasteiger partial charge in [0.2, 0.25) is 0 Å². The zero-order chi connectivity index (χ0) is 4.28. The Bertz CT molecular complexity index is 14.0. The summed E-state index contributed by atoms with van der Waals surface area (Å²) in [7, 11) is 0. The molecule has 0 fully saturated rings. The number of hydrogen-bond acceptors (Lipinski definition) is 0. The van der Waals surface area contributed by atoms with E-state index in [-0.39, 0.29) is 7.43 Å². The minimum Gasteiger partial charge on any atom is -0.0776 e. The normalized spacial score (nSPS) is 8.00. The van der Waals surface area contributed by atoms with Crippen LogP contribution in [-0.2, 0) is 0 Å². The Hall–Kier alpha value is 0. The molecule has 0 amide bonds. The van der Waals surface area contributed by atoms with Gasteiger partial charge in [-0.25, -0.2) is 0 Å². The lowest BCUT2D eigenvalue weighted by molar-refractivity contribution is 0.626.